The number of amides is 1. The Hall–Kier alpha value is -1.30. The SMILES string of the molecule is CCCCC(CCC(=O)OC(C)C)OC(=O)NCCN1CCCC1. The summed E-state index contributed by atoms with van der Waals surface area (Å²) in [6.07, 6.45) is 5.37. The first kappa shape index (κ1) is 20.7. The molecule has 1 atom stereocenters. The third-order valence-electron chi connectivity index (χ3n) is 4.09. The number of hydrogen-bond acceptors (Lipinski definition) is 5. The van der Waals surface area contributed by atoms with Crippen LogP contribution >= 0.6 is 0 Å². The zero-order valence-corrected chi connectivity index (χ0v) is 15.5. The largest absolute Gasteiger partial charge is 0.463 e. The second-order valence-corrected chi connectivity index (χ2v) is 6.72. The predicted molar refractivity (Wildman–Crippen MR) is 93.9 cm³/mol. The Labute approximate surface area is 146 Å². The molecule has 0 aromatic carbocycles. The van der Waals surface area contributed by atoms with Gasteiger partial charge in [0, 0.05) is 19.5 Å². The number of nitrogens with one attached hydrogen (secondary N) is 1. The Morgan fingerprint density at radius 2 is 1.83 bits per heavy atom. The fraction of sp³-hybridized carbons (Fsp3) is 0.889. The van der Waals surface area contributed by atoms with Crippen LogP contribution < -0.4 is 5.32 Å². The highest BCUT2D eigenvalue weighted by Gasteiger charge is 2.17. The van der Waals surface area contributed by atoms with Gasteiger partial charge in [0.25, 0.3) is 0 Å². The number of unbranched alkanes of at least 4 members (excludes halogenated alkanes) is 1. The van der Waals surface area contributed by atoms with Gasteiger partial charge in [-0.15, -0.1) is 0 Å². The summed E-state index contributed by atoms with van der Waals surface area (Å²) in [6, 6.07) is 0. The Morgan fingerprint density at radius 1 is 1.12 bits per heavy atom. The second kappa shape index (κ2) is 12.1. The molecule has 0 aromatic rings. The molecule has 6 nitrogen and oxygen atoms in total. The maximum atomic E-state index is 11.9. The van der Waals surface area contributed by atoms with Crippen LogP contribution in [0.1, 0.15) is 65.7 Å². The maximum absolute atomic E-state index is 11.9. The molecule has 1 aliphatic heterocycles. The average Bonchev–Trinajstić information content (AvgIpc) is 3.02. The number of rotatable bonds is 11. The monoisotopic (exact) mass is 342 g/mol. The van der Waals surface area contributed by atoms with Crippen LogP contribution in [0.2, 0.25) is 0 Å². The molecule has 1 heterocycles. The summed E-state index contributed by atoms with van der Waals surface area (Å²) >= 11 is 0. The van der Waals surface area contributed by atoms with Crippen molar-refractivity contribution in [3.8, 4) is 0 Å². The van der Waals surface area contributed by atoms with Crippen LogP contribution in [0.15, 0.2) is 0 Å². The molecule has 24 heavy (non-hydrogen) atoms. The van der Waals surface area contributed by atoms with Crippen molar-refractivity contribution in [2.75, 3.05) is 26.2 Å². The second-order valence-electron chi connectivity index (χ2n) is 6.72. The minimum atomic E-state index is -0.382. The number of likely N-dealkylation sites (tertiary alicyclic amines) is 1. The minimum absolute atomic E-state index is 0.110. The molecule has 1 aliphatic rings. The van der Waals surface area contributed by atoms with E-state index in [-0.39, 0.29) is 30.7 Å². The number of carbonyl (C=O) groups is 2. The average molecular weight is 342 g/mol. The Kier molecular flexibility index (Phi) is 10.5. The summed E-state index contributed by atoms with van der Waals surface area (Å²) in [5, 5.41) is 2.82. The zero-order valence-electron chi connectivity index (χ0n) is 15.5. The van der Waals surface area contributed by atoms with Crippen LogP contribution in [-0.2, 0) is 14.3 Å². The lowest BCUT2D eigenvalue weighted by atomic mass is 10.1. The number of carbonyl (C=O) groups excluding carboxylic acids is 2. The van der Waals surface area contributed by atoms with Crippen molar-refractivity contribution < 1.29 is 19.1 Å². The summed E-state index contributed by atoms with van der Waals surface area (Å²) in [5.74, 6) is -0.232. The smallest absolute Gasteiger partial charge is 0.407 e. The van der Waals surface area contributed by atoms with Crippen LogP contribution in [0.25, 0.3) is 0 Å². The molecular formula is C18H34N2O4. The summed E-state index contributed by atoms with van der Waals surface area (Å²) in [7, 11) is 0. The van der Waals surface area contributed by atoms with Gasteiger partial charge >= 0.3 is 12.1 Å². The van der Waals surface area contributed by atoms with Gasteiger partial charge in [-0.05, 0) is 52.6 Å². The number of ether oxygens (including phenoxy) is 2. The molecule has 1 unspecified atom stereocenters. The fourth-order valence-electron chi connectivity index (χ4n) is 2.81. The first-order valence-electron chi connectivity index (χ1n) is 9.37. The number of esters is 1. The molecule has 0 bridgehead atoms. The molecule has 0 aliphatic carbocycles. The molecule has 0 spiro atoms. The van der Waals surface area contributed by atoms with Crippen molar-refractivity contribution in [2.24, 2.45) is 0 Å². The lowest BCUT2D eigenvalue weighted by Crippen LogP contribution is -2.35. The lowest BCUT2D eigenvalue weighted by Gasteiger charge is -2.19. The van der Waals surface area contributed by atoms with Crippen molar-refractivity contribution in [3.05, 3.63) is 0 Å². The summed E-state index contributed by atoms with van der Waals surface area (Å²) in [5.41, 5.74) is 0. The normalized spacial score (nSPS) is 16.2. The van der Waals surface area contributed by atoms with Gasteiger partial charge in [-0.25, -0.2) is 4.79 Å². The molecule has 0 radical (unpaired) electrons. The first-order chi connectivity index (χ1) is 11.5. The molecule has 1 amide bonds. The minimum Gasteiger partial charge on any atom is -0.463 e. The first-order valence-corrected chi connectivity index (χ1v) is 9.37. The fourth-order valence-corrected chi connectivity index (χ4v) is 2.81. The topological polar surface area (TPSA) is 67.9 Å². The van der Waals surface area contributed by atoms with Crippen molar-refractivity contribution >= 4 is 12.1 Å². The van der Waals surface area contributed by atoms with Gasteiger partial charge in [0.15, 0.2) is 0 Å². The van der Waals surface area contributed by atoms with E-state index < -0.39 is 0 Å². The number of nitrogens with zero attached hydrogens (tertiary/aromatic N) is 1. The predicted octanol–water partition coefficient (Wildman–Crippen LogP) is 3.10. The van der Waals surface area contributed by atoms with E-state index in [1.807, 2.05) is 13.8 Å². The third-order valence-corrected chi connectivity index (χ3v) is 4.09. The van der Waals surface area contributed by atoms with Gasteiger partial charge in [-0.1, -0.05) is 19.8 Å². The van der Waals surface area contributed by atoms with Crippen LogP contribution in [0.3, 0.4) is 0 Å². The van der Waals surface area contributed by atoms with Gasteiger partial charge in [0.2, 0.25) is 0 Å². The molecule has 1 N–H and O–H groups in total. The highest BCUT2D eigenvalue weighted by Crippen LogP contribution is 2.13. The van der Waals surface area contributed by atoms with Crippen LogP contribution in [0.4, 0.5) is 4.79 Å². The maximum Gasteiger partial charge on any atom is 0.407 e. The van der Waals surface area contributed by atoms with Crippen molar-refractivity contribution in [1.82, 2.24) is 10.2 Å². The van der Waals surface area contributed by atoms with Crippen LogP contribution in [0.5, 0.6) is 0 Å². The number of hydrogen-bond donors (Lipinski definition) is 1. The van der Waals surface area contributed by atoms with Gasteiger partial charge in [-0.3, -0.25) is 4.79 Å². The Bertz CT molecular complexity index is 368. The third kappa shape index (κ3) is 9.75. The molecular weight excluding hydrogens is 308 g/mol. The summed E-state index contributed by atoms with van der Waals surface area (Å²) < 4.78 is 10.6. The van der Waals surface area contributed by atoms with Gasteiger partial charge in [-0.2, -0.15) is 0 Å². The zero-order chi connectivity index (χ0) is 17.8. The van der Waals surface area contributed by atoms with Gasteiger partial charge in [0.1, 0.15) is 6.10 Å². The summed E-state index contributed by atoms with van der Waals surface area (Å²) in [6.45, 7) is 9.47. The molecule has 140 valence electrons. The molecule has 1 rings (SSSR count). The quantitative estimate of drug-likeness (QED) is 0.584. The highest BCUT2D eigenvalue weighted by molar-refractivity contribution is 5.70. The van der Waals surface area contributed by atoms with Crippen LogP contribution in [-0.4, -0.2) is 55.3 Å². The van der Waals surface area contributed by atoms with E-state index in [1.54, 1.807) is 0 Å². The molecule has 1 fully saturated rings. The van der Waals surface area contributed by atoms with Crippen LogP contribution in [0, 0.1) is 0 Å². The van der Waals surface area contributed by atoms with Crippen molar-refractivity contribution in [3.63, 3.8) is 0 Å². The van der Waals surface area contributed by atoms with E-state index in [0.29, 0.717) is 13.0 Å². The van der Waals surface area contributed by atoms with Gasteiger partial charge < -0.3 is 19.7 Å². The highest BCUT2D eigenvalue weighted by atomic mass is 16.6. The summed E-state index contributed by atoms with van der Waals surface area (Å²) in [4.78, 5) is 25.9. The van der Waals surface area contributed by atoms with E-state index in [4.69, 9.17) is 9.47 Å². The van der Waals surface area contributed by atoms with E-state index in [0.717, 1.165) is 38.9 Å². The Balaban J connectivity index is 2.26. The molecule has 0 saturated carbocycles. The Morgan fingerprint density at radius 3 is 2.46 bits per heavy atom. The number of alkyl carbamates (subject to hydrolysis) is 1. The molecule has 6 heteroatoms. The van der Waals surface area contributed by atoms with Gasteiger partial charge in [0.05, 0.1) is 6.10 Å². The molecule has 0 aromatic heterocycles. The molecule has 1 saturated heterocycles. The van der Waals surface area contributed by atoms with E-state index >= 15 is 0 Å². The van der Waals surface area contributed by atoms with Crippen molar-refractivity contribution in [2.45, 2.75) is 77.9 Å². The van der Waals surface area contributed by atoms with E-state index in [2.05, 4.69) is 17.1 Å². The standard InChI is InChI=1S/C18H34N2O4/c1-4-5-8-16(9-10-17(21)23-15(2)3)24-18(22)19-11-14-20-12-6-7-13-20/h15-16H,4-14H2,1-3H3,(H,19,22). The van der Waals surface area contributed by atoms with E-state index in [9.17, 15) is 9.59 Å². The van der Waals surface area contributed by atoms with Crippen molar-refractivity contribution in [1.29, 1.82) is 0 Å². The van der Waals surface area contributed by atoms with E-state index in [1.165, 1.54) is 12.8 Å². The lowest BCUT2D eigenvalue weighted by molar-refractivity contribution is -0.148.